The minimum Gasteiger partial charge on any atom is -0.418 e. The molecule has 25 heavy (non-hydrogen) atoms. The molecule has 3 rings (SSSR count). The molecule has 130 valence electrons. The Morgan fingerprint density at radius 1 is 1.28 bits per heavy atom. The van der Waals surface area contributed by atoms with Crippen LogP contribution < -0.4 is 5.32 Å². The molecule has 2 aromatic heterocycles. The second kappa shape index (κ2) is 8.17. The second-order valence-corrected chi connectivity index (χ2v) is 6.67. The maximum absolute atomic E-state index is 13.0. The van der Waals surface area contributed by atoms with E-state index in [-0.39, 0.29) is 5.82 Å². The quantitative estimate of drug-likeness (QED) is 0.637. The highest BCUT2D eigenvalue weighted by Gasteiger charge is 2.15. The van der Waals surface area contributed by atoms with Crippen molar-refractivity contribution in [2.75, 3.05) is 11.9 Å². The Kier molecular flexibility index (Phi) is 5.72. The van der Waals surface area contributed by atoms with Gasteiger partial charge in [-0.25, -0.2) is 4.39 Å². The average Bonchev–Trinajstić information content (AvgIpc) is 3.27. The molecular formula is C17H17FN4OS2. The van der Waals surface area contributed by atoms with E-state index in [1.165, 1.54) is 12.1 Å². The summed E-state index contributed by atoms with van der Waals surface area (Å²) in [5.74, 6) is 0.729. The van der Waals surface area contributed by atoms with Gasteiger partial charge in [-0.2, -0.15) is 0 Å². The molecular weight excluding hydrogens is 359 g/mol. The van der Waals surface area contributed by atoms with Gasteiger partial charge in [0.2, 0.25) is 5.89 Å². The minimum atomic E-state index is -0.283. The molecule has 3 aromatic rings. The Morgan fingerprint density at radius 3 is 2.76 bits per heavy atom. The van der Waals surface area contributed by atoms with Gasteiger partial charge in [0.05, 0.1) is 11.4 Å². The Morgan fingerprint density at radius 2 is 2.08 bits per heavy atom. The second-order valence-electron chi connectivity index (χ2n) is 5.34. The van der Waals surface area contributed by atoms with Crippen LogP contribution in [0.15, 0.2) is 46.2 Å². The third-order valence-electron chi connectivity index (χ3n) is 3.40. The number of anilines is 1. The molecule has 0 unspecified atom stereocenters. The molecule has 0 atom stereocenters. The number of hydrogen-bond acceptors (Lipinski definition) is 5. The molecule has 0 saturated carbocycles. The van der Waals surface area contributed by atoms with Crippen molar-refractivity contribution in [2.45, 2.75) is 19.9 Å². The molecule has 2 heterocycles. The van der Waals surface area contributed by atoms with E-state index in [4.69, 9.17) is 16.6 Å². The van der Waals surface area contributed by atoms with E-state index < -0.39 is 0 Å². The van der Waals surface area contributed by atoms with Crippen molar-refractivity contribution in [2.24, 2.45) is 0 Å². The van der Waals surface area contributed by atoms with Crippen molar-refractivity contribution in [3.8, 4) is 10.8 Å². The monoisotopic (exact) mass is 376 g/mol. The number of nitrogens with one attached hydrogen (secondary N) is 1. The molecule has 0 bridgehead atoms. The van der Waals surface area contributed by atoms with E-state index in [0.29, 0.717) is 23.4 Å². The highest BCUT2D eigenvalue weighted by Crippen LogP contribution is 2.23. The zero-order chi connectivity index (χ0) is 17.6. The first-order valence-corrected chi connectivity index (χ1v) is 9.12. The molecule has 0 amide bonds. The van der Waals surface area contributed by atoms with Crippen LogP contribution in [-0.2, 0) is 6.54 Å². The van der Waals surface area contributed by atoms with Crippen LogP contribution in [0.4, 0.5) is 10.1 Å². The average molecular weight is 376 g/mol. The molecule has 0 aliphatic carbocycles. The fourth-order valence-electron chi connectivity index (χ4n) is 2.24. The molecule has 0 aliphatic rings. The Labute approximate surface area is 154 Å². The molecule has 8 heteroatoms. The molecule has 1 aromatic carbocycles. The van der Waals surface area contributed by atoms with Gasteiger partial charge < -0.3 is 14.6 Å². The van der Waals surface area contributed by atoms with Crippen LogP contribution in [0.1, 0.15) is 19.2 Å². The Hall–Kier alpha value is -2.32. The standard InChI is InChI=1S/C17H17FN4OS2/c1-2-9-22(17(24)19-13-7-5-12(18)6-8-13)11-15-20-21-16(23-15)14-4-3-10-25-14/h3-8,10H,2,9,11H2,1H3,(H,19,24). The van der Waals surface area contributed by atoms with Gasteiger partial charge in [0, 0.05) is 12.2 Å². The van der Waals surface area contributed by atoms with Gasteiger partial charge in [-0.3, -0.25) is 0 Å². The largest absolute Gasteiger partial charge is 0.418 e. The zero-order valence-corrected chi connectivity index (χ0v) is 15.2. The highest BCUT2D eigenvalue weighted by atomic mass is 32.1. The number of thiophene rings is 1. The van der Waals surface area contributed by atoms with E-state index >= 15 is 0 Å². The third kappa shape index (κ3) is 4.61. The van der Waals surface area contributed by atoms with Gasteiger partial charge in [0.1, 0.15) is 5.82 Å². The van der Waals surface area contributed by atoms with Gasteiger partial charge in [0.25, 0.3) is 5.89 Å². The Bertz CT molecular complexity index is 818. The first-order valence-electron chi connectivity index (χ1n) is 7.83. The number of nitrogens with zero attached hydrogens (tertiary/aromatic N) is 3. The van der Waals surface area contributed by atoms with Crippen LogP contribution >= 0.6 is 23.6 Å². The lowest BCUT2D eigenvalue weighted by Crippen LogP contribution is -2.35. The van der Waals surface area contributed by atoms with Crippen LogP contribution in [0.5, 0.6) is 0 Å². The summed E-state index contributed by atoms with van der Waals surface area (Å²) >= 11 is 7.02. The first kappa shape index (κ1) is 17.5. The van der Waals surface area contributed by atoms with Gasteiger partial charge >= 0.3 is 0 Å². The lowest BCUT2D eigenvalue weighted by Gasteiger charge is -2.23. The summed E-state index contributed by atoms with van der Waals surface area (Å²) in [6.07, 6.45) is 0.914. The van der Waals surface area contributed by atoms with Crippen LogP contribution in [0.2, 0.25) is 0 Å². The summed E-state index contributed by atoms with van der Waals surface area (Å²) < 4.78 is 18.7. The van der Waals surface area contributed by atoms with E-state index in [2.05, 4.69) is 22.4 Å². The van der Waals surface area contributed by atoms with E-state index in [0.717, 1.165) is 23.5 Å². The van der Waals surface area contributed by atoms with Crippen molar-refractivity contribution >= 4 is 34.4 Å². The van der Waals surface area contributed by atoms with Crippen LogP contribution in [0.3, 0.4) is 0 Å². The Balaban J connectivity index is 1.68. The van der Waals surface area contributed by atoms with Crippen molar-refractivity contribution in [1.29, 1.82) is 0 Å². The highest BCUT2D eigenvalue weighted by molar-refractivity contribution is 7.80. The van der Waals surface area contributed by atoms with Crippen molar-refractivity contribution in [1.82, 2.24) is 15.1 Å². The summed E-state index contributed by atoms with van der Waals surface area (Å²) in [4.78, 5) is 2.89. The fraction of sp³-hybridized carbons (Fsp3) is 0.235. The maximum Gasteiger partial charge on any atom is 0.257 e. The van der Waals surface area contributed by atoms with E-state index in [1.54, 1.807) is 23.5 Å². The van der Waals surface area contributed by atoms with Crippen LogP contribution in [-0.4, -0.2) is 26.8 Å². The predicted octanol–water partition coefficient (Wildman–Crippen LogP) is 4.55. The van der Waals surface area contributed by atoms with Crippen LogP contribution in [0.25, 0.3) is 10.8 Å². The van der Waals surface area contributed by atoms with Gasteiger partial charge in [0.15, 0.2) is 5.11 Å². The summed E-state index contributed by atoms with van der Waals surface area (Å²) in [7, 11) is 0. The summed E-state index contributed by atoms with van der Waals surface area (Å²) in [5, 5.41) is 13.8. The van der Waals surface area contributed by atoms with Crippen molar-refractivity contribution in [3.05, 3.63) is 53.5 Å². The van der Waals surface area contributed by atoms with E-state index in [1.807, 2.05) is 22.4 Å². The molecule has 0 spiro atoms. The summed E-state index contributed by atoms with van der Waals surface area (Å²) in [5.41, 5.74) is 0.734. The number of halogens is 1. The lowest BCUT2D eigenvalue weighted by molar-refractivity contribution is 0.359. The molecule has 0 aliphatic heterocycles. The van der Waals surface area contributed by atoms with Crippen LogP contribution in [0, 0.1) is 5.82 Å². The van der Waals surface area contributed by atoms with Crippen molar-refractivity contribution in [3.63, 3.8) is 0 Å². The van der Waals surface area contributed by atoms with Gasteiger partial charge in [-0.1, -0.05) is 13.0 Å². The van der Waals surface area contributed by atoms with Crippen molar-refractivity contribution < 1.29 is 8.81 Å². The van der Waals surface area contributed by atoms with Gasteiger partial charge in [-0.05, 0) is 54.4 Å². The SMILES string of the molecule is CCCN(Cc1nnc(-c2cccs2)o1)C(=S)Nc1ccc(F)cc1. The first-order chi connectivity index (χ1) is 12.2. The van der Waals surface area contributed by atoms with Gasteiger partial charge in [-0.15, -0.1) is 21.5 Å². The zero-order valence-electron chi connectivity index (χ0n) is 13.6. The number of rotatable bonds is 6. The summed E-state index contributed by atoms with van der Waals surface area (Å²) in [6.45, 7) is 3.22. The van der Waals surface area contributed by atoms with E-state index in [9.17, 15) is 4.39 Å². The fourth-order valence-corrected chi connectivity index (χ4v) is 3.16. The molecule has 0 saturated heterocycles. The lowest BCUT2D eigenvalue weighted by atomic mass is 10.3. The number of hydrogen-bond donors (Lipinski definition) is 1. The summed E-state index contributed by atoms with van der Waals surface area (Å²) in [6, 6.07) is 9.95. The third-order valence-corrected chi connectivity index (χ3v) is 4.62. The molecule has 5 nitrogen and oxygen atoms in total. The number of thiocarbonyl (C=S) groups is 1. The number of benzene rings is 1. The predicted molar refractivity (Wildman–Crippen MR) is 101 cm³/mol. The smallest absolute Gasteiger partial charge is 0.257 e. The number of aromatic nitrogens is 2. The maximum atomic E-state index is 13.0. The minimum absolute atomic E-state index is 0.283. The molecule has 0 radical (unpaired) electrons. The molecule has 1 N–H and O–H groups in total. The normalized spacial score (nSPS) is 10.6. The topological polar surface area (TPSA) is 54.2 Å². The molecule has 0 fully saturated rings.